The summed E-state index contributed by atoms with van der Waals surface area (Å²) in [5.41, 5.74) is 2.48. The molecule has 1 aromatic carbocycles. The standard InChI is InChI=1S/C25H31N7O/c1-19-10-12-29(13-11-19)23-8-9-24(28-27-23)30-14-16-31(17-15-30)25(33)22-18-26-32(20(22)2)21-6-4-3-5-7-21/h3-9,18-19H,10-17H2,1-2H3. The molecule has 2 aliphatic heterocycles. The molecule has 3 aromatic rings. The molecule has 2 aromatic heterocycles. The second-order valence-electron chi connectivity index (χ2n) is 9.09. The zero-order valence-corrected chi connectivity index (χ0v) is 19.4. The number of para-hydroxylation sites is 1. The Balaban J connectivity index is 1.20. The number of piperidine rings is 1. The van der Waals surface area contributed by atoms with Crippen LogP contribution < -0.4 is 9.80 Å². The highest BCUT2D eigenvalue weighted by molar-refractivity contribution is 5.95. The molecule has 0 radical (unpaired) electrons. The molecule has 4 heterocycles. The Hall–Kier alpha value is -3.42. The van der Waals surface area contributed by atoms with Crippen molar-refractivity contribution in [3.05, 3.63) is 59.9 Å². The minimum atomic E-state index is 0.0371. The quantitative estimate of drug-likeness (QED) is 0.614. The van der Waals surface area contributed by atoms with E-state index >= 15 is 0 Å². The van der Waals surface area contributed by atoms with Crippen LogP contribution in [0.1, 0.15) is 35.8 Å². The number of nitrogens with zero attached hydrogens (tertiary/aromatic N) is 7. The lowest BCUT2D eigenvalue weighted by molar-refractivity contribution is 0.0745. The Morgan fingerprint density at radius 2 is 1.45 bits per heavy atom. The summed E-state index contributed by atoms with van der Waals surface area (Å²) < 4.78 is 1.82. The van der Waals surface area contributed by atoms with Gasteiger partial charge in [-0.05, 0) is 49.9 Å². The van der Waals surface area contributed by atoms with E-state index in [2.05, 4.69) is 44.2 Å². The van der Waals surface area contributed by atoms with Gasteiger partial charge in [0, 0.05) is 39.3 Å². The number of hydrogen-bond acceptors (Lipinski definition) is 6. The van der Waals surface area contributed by atoms with Gasteiger partial charge in [0.2, 0.25) is 0 Å². The zero-order chi connectivity index (χ0) is 22.8. The minimum Gasteiger partial charge on any atom is -0.355 e. The number of benzene rings is 1. The summed E-state index contributed by atoms with van der Waals surface area (Å²) in [7, 11) is 0. The lowest BCUT2D eigenvalue weighted by Gasteiger charge is -2.35. The number of anilines is 2. The van der Waals surface area contributed by atoms with Gasteiger partial charge in [0.05, 0.1) is 23.1 Å². The van der Waals surface area contributed by atoms with Crippen LogP contribution in [-0.4, -0.2) is 70.1 Å². The molecule has 172 valence electrons. The van der Waals surface area contributed by atoms with Gasteiger partial charge in [-0.15, -0.1) is 10.2 Å². The van der Waals surface area contributed by atoms with Crippen molar-refractivity contribution < 1.29 is 4.79 Å². The molecule has 0 unspecified atom stereocenters. The van der Waals surface area contributed by atoms with E-state index in [0.29, 0.717) is 18.7 Å². The lowest BCUT2D eigenvalue weighted by Crippen LogP contribution is -2.49. The minimum absolute atomic E-state index is 0.0371. The van der Waals surface area contributed by atoms with Crippen LogP contribution in [0.2, 0.25) is 0 Å². The first-order chi connectivity index (χ1) is 16.1. The van der Waals surface area contributed by atoms with Crippen molar-refractivity contribution in [2.75, 3.05) is 49.1 Å². The van der Waals surface area contributed by atoms with E-state index in [4.69, 9.17) is 0 Å². The van der Waals surface area contributed by atoms with Gasteiger partial charge < -0.3 is 14.7 Å². The third kappa shape index (κ3) is 4.42. The predicted molar refractivity (Wildman–Crippen MR) is 129 cm³/mol. The van der Waals surface area contributed by atoms with Crippen LogP contribution >= 0.6 is 0 Å². The van der Waals surface area contributed by atoms with Crippen molar-refractivity contribution in [2.24, 2.45) is 5.92 Å². The van der Waals surface area contributed by atoms with Gasteiger partial charge in [-0.1, -0.05) is 25.1 Å². The molecule has 33 heavy (non-hydrogen) atoms. The van der Waals surface area contributed by atoms with Crippen LogP contribution in [0.15, 0.2) is 48.7 Å². The first-order valence-electron chi connectivity index (χ1n) is 11.8. The zero-order valence-electron chi connectivity index (χ0n) is 19.4. The van der Waals surface area contributed by atoms with E-state index in [1.54, 1.807) is 6.20 Å². The van der Waals surface area contributed by atoms with E-state index in [-0.39, 0.29) is 5.91 Å². The van der Waals surface area contributed by atoms with Crippen molar-refractivity contribution >= 4 is 17.5 Å². The van der Waals surface area contributed by atoms with Gasteiger partial charge >= 0.3 is 0 Å². The maximum Gasteiger partial charge on any atom is 0.257 e. The van der Waals surface area contributed by atoms with Crippen molar-refractivity contribution in [3.63, 3.8) is 0 Å². The molecule has 2 saturated heterocycles. The first-order valence-corrected chi connectivity index (χ1v) is 11.8. The number of aromatic nitrogens is 4. The number of hydrogen-bond donors (Lipinski definition) is 0. The molecule has 2 aliphatic rings. The second kappa shape index (κ2) is 9.21. The molecule has 8 nitrogen and oxygen atoms in total. The molecule has 0 spiro atoms. The fraction of sp³-hybridized carbons (Fsp3) is 0.440. The van der Waals surface area contributed by atoms with Gasteiger partial charge in [-0.3, -0.25) is 4.79 Å². The molecular weight excluding hydrogens is 414 g/mol. The van der Waals surface area contributed by atoms with Gasteiger partial charge in [0.1, 0.15) is 0 Å². The Labute approximate surface area is 194 Å². The highest BCUT2D eigenvalue weighted by Gasteiger charge is 2.26. The van der Waals surface area contributed by atoms with Gasteiger partial charge in [0.25, 0.3) is 5.91 Å². The molecule has 5 rings (SSSR count). The van der Waals surface area contributed by atoms with E-state index in [9.17, 15) is 4.79 Å². The molecule has 8 heteroatoms. The Morgan fingerprint density at radius 3 is 2.06 bits per heavy atom. The predicted octanol–water partition coefficient (Wildman–Crippen LogP) is 3.17. The summed E-state index contributed by atoms with van der Waals surface area (Å²) >= 11 is 0. The summed E-state index contributed by atoms with van der Waals surface area (Å²) in [5.74, 6) is 2.67. The second-order valence-corrected chi connectivity index (χ2v) is 9.09. The van der Waals surface area contributed by atoms with Crippen LogP contribution in [0.3, 0.4) is 0 Å². The Morgan fingerprint density at radius 1 is 0.848 bits per heavy atom. The van der Waals surface area contributed by atoms with E-state index < -0.39 is 0 Å². The fourth-order valence-electron chi connectivity index (χ4n) is 4.65. The van der Waals surface area contributed by atoms with Crippen LogP contribution in [0.25, 0.3) is 5.69 Å². The summed E-state index contributed by atoms with van der Waals surface area (Å²) in [4.78, 5) is 19.6. The van der Waals surface area contributed by atoms with Crippen molar-refractivity contribution in [3.8, 4) is 5.69 Å². The third-order valence-corrected chi connectivity index (χ3v) is 6.88. The molecule has 0 atom stereocenters. The first kappa shape index (κ1) is 21.4. The molecule has 0 saturated carbocycles. The highest BCUT2D eigenvalue weighted by Crippen LogP contribution is 2.23. The number of carbonyl (C=O) groups is 1. The van der Waals surface area contributed by atoms with Crippen LogP contribution in [0, 0.1) is 12.8 Å². The highest BCUT2D eigenvalue weighted by atomic mass is 16.2. The molecular formula is C25H31N7O. The smallest absolute Gasteiger partial charge is 0.257 e. The van der Waals surface area contributed by atoms with Crippen molar-refractivity contribution in [1.82, 2.24) is 24.9 Å². The molecule has 0 aliphatic carbocycles. The van der Waals surface area contributed by atoms with Crippen LogP contribution in [-0.2, 0) is 0 Å². The summed E-state index contributed by atoms with van der Waals surface area (Å²) in [5, 5.41) is 13.4. The molecule has 0 bridgehead atoms. The van der Waals surface area contributed by atoms with Gasteiger partial charge in [-0.25, -0.2) is 4.68 Å². The largest absolute Gasteiger partial charge is 0.355 e. The van der Waals surface area contributed by atoms with Crippen molar-refractivity contribution in [1.29, 1.82) is 0 Å². The number of amides is 1. The molecule has 2 fully saturated rings. The van der Waals surface area contributed by atoms with Gasteiger partial charge in [0.15, 0.2) is 11.6 Å². The normalized spacial score (nSPS) is 17.5. The van der Waals surface area contributed by atoms with E-state index in [1.807, 2.05) is 46.8 Å². The maximum atomic E-state index is 13.2. The van der Waals surface area contributed by atoms with E-state index in [1.165, 1.54) is 12.8 Å². The van der Waals surface area contributed by atoms with Crippen molar-refractivity contribution in [2.45, 2.75) is 26.7 Å². The summed E-state index contributed by atoms with van der Waals surface area (Å²) in [6.45, 7) is 9.16. The van der Waals surface area contributed by atoms with Crippen LogP contribution in [0.5, 0.6) is 0 Å². The SMILES string of the molecule is Cc1c(C(=O)N2CCN(c3ccc(N4CCC(C)CC4)nn3)CC2)cnn1-c1ccccc1. The Kier molecular flexibility index (Phi) is 5.98. The molecule has 1 amide bonds. The molecule has 0 N–H and O–H groups in total. The Bertz CT molecular complexity index is 1080. The summed E-state index contributed by atoms with van der Waals surface area (Å²) in [6.07, 6.45) is 4.11. The van der Waals surface area contributed by atoms with Crippen LogP contribution in [0.4, 0.5) is 11.6 Å². The topological polar surface area (TPSA) is 70.4 Å². The van der Waals surface area contributed by atoms with E-state index in [0.717, 1.165) is 55.1 Å². The number of rotatable bonds is 4. The monoisotopic (exact) mass is 445 g/mol. The maximum absolute atomic E-state index is 13.2. The lowest BCUT2D eigenvalue weighted by atomic mass is 9.99. The average molecular weight is 446 g/mol. The summed E-state index contributed by atoms with van der Waals surface area (Å²) in [6, 6.07) is 14.0. The average Bonchev–Trinajstić information content (AvgIpc) is 3.26. The third-order valence-electron chi connectivity index (χ3n) is 6.88. The number of piperazine rings is 1. The fourth-order valence-corrected chi connectivity index (χ4v) is 4.65. The number of carbonyl (C=O) groups excluding carboxylic acids is 1. The van der Waals surface area contributed by atoms with Gasteiger partial charge in [-0.2, -0.15) is 5.10 Å².